The van der Waals surface area contributed by atoms with Crippen LogP contribution in [0.2, 0.25) is 0 Å². The minimum atomic E-state index is -0.187. The SMILES string of the molecule is CC(CCc1cccc(F)c1)NC(C)c1nc(Cc2ccccc2)no1. The summed E-state index contributed by atoms with van der Waals surface area (Å²) in [5.41, 5.74) is 2.16. The highest BCUT2D eigenvalue weighted by molar-refractivity contribution is 5.18. The Morgan fingerprint density at radius 1 is 1.04 bits per heavy atom. The average Bonchev–Trinajstić information content (AvgIpc) is 3.10. The molecule has 2 aromatic carbocycles. The maximum Gasteiger partial charge on any atom is 0.243 e. The zero-order valence-corrected chi connectivity index (χ0v) is 15.2. The molecular weight excluding hydrogens is 329 g/mol. The molecule has 0 amide bonds. The summed E-state index contributed by atoms with van der Waals surface area (Å²) in [5.74, 6) is 1.09. The molecule has 2 atom stereocenters. The Bertz CT molecular complexity index is 819. The normalized spacial score (nSPS) is 13.5. The van der Waals surface area contributed by atoms with Crippen LogP contribution in [0.5, 0.6) is 0 Å². The maximum absolute atomic E-state index is 13.2. The summed E-state index contributed by atoms with van der Waals surface area (Å²) in [6.45, 7) is 4.12. The number of benzene rings is 2. The largest absolute Gasteiger partial charge is 0.338 e. The van der Waals surface area contributed by atoms with Gasteiger partial charge in [-0.1, -0.05) is 47.6 Å². The van der Waals surface area contributed by atoms with Crippen molar-refractivity contribution in [2.24, 2.45) is 0 Å². The molecule has 3 rings (SSSR count). The first-order valence-corrected chi connectivity index (χ1v) is 8.97. The number of hydrogen-bond acceptors (Lipinski definition) is 4. The standard InChI is InChI=1S/C21H24FN3O/c1-15(11-12-18-9-6-10-19(22)13-18)23-16(2)21-24-20(25-26-21)14-17-7-4-3-5-8-17/h3-10,13,15-16,23H,11-12,14H2,1-2H3. The van der Waals surface area contributed by atoms with E-state index in [4.69, 9.17) is 4.52 Å². The van der Waals surface area contributed by atoms with Crippen molar-refractivity contribution >= 4 is 0 Å². The van der Waals surface area contributed by atoms with Gasteiger partial charge in [0.05, 0.1) is 6.04 Å². The molecule has 1 heterocycles. The van der Waals surface area contributed by atoms with E-state index in [1.165, 1.54) is 6.07 Å². The van der Waals surface area contributed by atoms with Gasteiger partial charge in [-0.2, -0.15) is 4.98 Å². The van der Waals surface area contributed by atoms with E-state index in [9.17, 15) is 4.39 Å². The topological polar surface area (TPSA) is 51.0 Å². The van der Waals surface area contributed by atoms with Crippen LogP contribution in [0, 0.1) is 5.82 Å². The number of aromatic nitrogens is 2. The fourth-order valence-electron chi connectivity index (χ4n) is 2.95. The molecule has 5 heteroatoms. The first-order chi connectivity index (χ1) is 12.6. The summed E-state index contributed by atoms with van der Waals surface area (Å²) in [5, 5.41) is 7.54. The minimum Gasteiger partial charge on any atom is -0.338 e. The van der Waals surface area contributed by atoms with Gasteiger partial charge in [0.1, 0.15) is 5.82 Å². The van der Waals surface area contributed by atoms with Crippen molar-refractivity contribution in [2.45, 2.75) is 45.2 Å². The zero-order valence-electron chi connectivity index (χ0n) is 15.2. The second-order valence-corrected chi connectivity index (χ2v) is 6.67. The molecule has 0 radical (unpaired) electrons. The summed E-state index contributed by atoms with van der Waals surface area (Å²) in [7, 11) is 0. The quantitative estimate of drug-likeness (QED) is 0.649. The Morgan fingerprint density at radius 2 is 1.81 bits per heavy atom. The lowest BCUT2D eigenvalue weighted by Crippen LogP contribution is -2.29. The van der Waals surface area contributed by atoms with Gasteiger partial charge >= 0.3 is 0 Å². The Hall–Kier alpha value is -2.53. The van der Waals surface area contributed by atoms with Crippen LogP contribution in [0.3, 0.4) is 0 Å². The van der Waals surface area contributed by atoms with Crippen LogP contribution in [-0.2, 0) is 12.8 Å². The molecule has 1 N–H and O–H groups in total. The number of nitrogens with zero attached hydrogens (tertiary/aromatic N) is 2. The Labute approximate surface area is 153 Å². The van der Waals surface area contributed by atoms with Gasteiger partial charge in [-0.25, -0.2) is 4.39 Å². The molecule has 0 aliphatic rings. The lowest BCUT2D eigenvalue weighted by atomic mass is 10.1. The molecule has 4 nitrogen and oxygen atoms in total. The number of hydrogen-bond donors (Lipinski definition) is 1. The molecule has 0 saturated carbocycles. The predicted octanol–water partition coefficient (Wildman–Crippen LogP) is 4.47. The molecule has 0 bridgehead atoms. The Kier molecular flexibility index (Phi) is 6.12. The molecule has 26 heavy (non-hydrogen) atoms. The number of nitrogens with one attached hydrogen (secondary N) is 1. The van der Waals surface area contributed by atoms with Gasteiger partial charge in [0, 0.05) is 12.5 Å². The third-order valence-electron chi connectivity index (χ3n) is 4.35. The van der Waals surface area contributed by atoms with Gasteiger partial charge in [-0.3, -0.25) is 0 Å². The zero-order chi connectivity index (χ0) is 18.4. The van der Waals surface area contributed by atoms with E-state index in [0.29, 0.717) is 18.1 Å². The van der Waals surface area contributed by atoms with Crippen LogP contribution in [0.25, 0.3) is 0 Å². The molecule has 0 saturated heterocycles. The Balaban J connectivity index is 1.50. The molecule has 0 fully saturated rings. The summed E-state index contributed by atoms with van der Waals surface area (Å²) in [4.78, 5) is 4.50. The second kappa shape index (κ2) is 8.72. The molecule has 1 aromatic heterocycles. The van der Waals surface area contributed by atoms with E-state index < -0.39 is 0 Å². The fraction of sp³-hybridized carbons (Fsp3) is 0.333. The van der Waals surface area contributed by atoms with Crippen LogP contribution in [0.1, 0.15) is 49.2 Å². The van der Waals surface area contributed by atoms with Crippen LogP contribution in [0.15, 0.2) is 59.1 Å². The van der Waals surface area contributed by atoms with Crippen LogP contribution < -0.4 is 5.32 Å². The van der Waals surface area contributed by atoms with Crippen molar-refractivity contribution in [1.82, 2.24) is 15.5 Å². The highest BCUT2D eigenvalue weighted by atomic mass is 19.1. The van der Waals surface area contributed by atoms with Gasteiger partial charge in [0.25, 0.3) is 0 Å². The summed E-state index contributed by atoms with van der Waals surface area (Å²) in [6.07, 6.45) is 2.38. The van der Waals surface area contributed by atoms with Gasteiger partial charge < -0.3 is 9.84 Å². The molecule has 0 spiro atoms. The third kappa shape index (κ3) is 5.23. The maximum atomic E-state index is 13.2. The summed E-state index contributed by atoms with van der Waals surface area (Å²) in [6, 6.07) is 17.1. The molecule has 0 aliphatic heterocycles. The molecule has 0 aliphatic carbocycles. The number of aryl methyl sites for hydroxylation is 1. The van der Waals surface area contributed by atoms with E-state index in [-0.39, 0.29) is 17.9 Å². The van der Waals surface area contributed by atoms with Crippen molar-refractivity contribution in [3.63, 3.8) is 0 Å². The predicted molar refractivity (Wildman–Crippen MR) is 99.3 cm³/mol. The van der Waals surface area contributed by atoms with Crippen LogP contribution >= 0.6 is 0 Å². The highest BCUT2D eigenvalue weighted by Crippen LogP contribution is 2.15. The van der Waals surface area contributed by atoms with Gasteiger partial charge in [0.15, 0.2) is 5.82 Å². The van der Waals surface area contributed by atoms with Crippen molar-refractivity contribution in [1.29, 1.82) is 0 Å². The lowest BCUT2D eigenvalue weighted by molar-refractivity contribution is 0.321. The van der Waals surface area contributed by atoms with Crippen LogP contribution in [-0.4, -0.2) is 16.2 Å². The monoisotopic (exact) mass is 353 g/mol. The average molecular weight is 353 g/mol. The van der Waals surface area contributed by atoms with Gasteiger partial charge in [-0.15, -0.1) is 0 Å². The van der Waals surface area contributed by atoms with E-state index in [2.05, 4.69) is 22.4 Å². The molecule has 2 unspecified atom stereocenters. The lowest BCUT2D eigenvalue weighted by Gasteiger charge is -2.17. The van der Waals surface area contributed by atoms with E-state index in [0.717, 1.165) is 24.0 Å². The number of halogens is 1. The summed E-state index contributed by atoms with van der Waals surface area (Å²) < 4.78 is 18.6. The van der Waals surface area contributed by atoms with Crippen molar-refractivity contribution < 1.29 is 8.91 Å². The summed E-state index contributed by atoms with van der Waals surface area (Å²) >= 11 is 0. The molecule has 136 valence electrons. The van der Waals surface area contributed by atoms with Gasteiger partial charge in [0.2, 0.25) is 5.89 Å². The molecular formula is C21H24FN3O. The molecule has 3 aromatic rings. The fourth-order valence-corrected chi connectivity index (χ4v) is 2.95. The van der Waals surface area contributed by atoms with E-state index in [1.807, 2.05) is 43.3 Å². The van der Waals surface area contributed by atoms with E-state index >= 15 is 0 Å². The van der Waals surface area contributed by atoms with E-state index in [1.54, 1.807) is 12.1 Å². The highest BCUT2D eigenvalue weighted by Gasteiger charge is 2.16. The second-order valence-electron chi connectivity index (χ2n) is 6.67. The number of rotatable bonds is 8. The minimum absolute atomic E-state index is 0.0328. The van der Waals surface area contributed by atoms with Gasteiger partial charge in [-0.05, 0) is 49.9 Å². The Morgan fingerprint density at radius 3 is 2.58 bits per heavy atom. The van der Waals surface area contributed by atoms with Crippen molar-refractivity contribution in [3.8, 4) is 0 Å². The third-order valence-corrected chi connectivity index (χ3v) is 4.35. The first-order valence-electron chi connectivity index (χ1n) is 8.97. The van der Waals surface area contributed by atoms with Crippen molar-refractivity contribution in [3.05, 3.63) is 83.3 Å². The first kappa shape index (κ1) is 18.3. The smallest absolute Gasteiger partial charge is 0.243 e. The van der Waals surface area contributed by atoms with Crippen LogP contribution in [0.4, 0.5) is 4.39 Å². The van der Waals surface area contributed by atoms with Crippen molar-refractivity contribution in [2.75, 3.05) is 0 Å².